The number of alkyl halides is 2. The molecule has 0 aliphatic carbocycles. The molecule has 3 nitrogen and oxygen atoms in total. The molecule has 0 atom stereocenters. The van der Waals surface area contributed by atoms with Crippen LogP contribution in [-0.4, -0.2) is 38.0 Å². The Hall–Kier alpha value is -1.13. The average Bonchev–Trinajstić information content (AvgIpc) is 1.99. The molecular formula is C8H13F2NO2. The Morgan fingerprint density at radius 2 is 2.08 bits per heavy atom. The number of hydrogen-bond acceptors (Lipinski definition) is 3. The van der Waals surface area contributed by atoms with E-state index in [-0.39, 0.29) is 12.3 Å². The Labute approximate surface area is 76.0 Å². The lowest BCUT2D eigenvalue weighted by Gasteiger charge is -2.15. The first-order valence-electron chi connectivity index (χ1n) is 3.82. The normalized spacial score (nSPS) is 11.7. The summed E-state index contributed by atoms with van der Waals surface area (Å²) >= 11 is 0. The lowest BCUT2D eigenvalue weighted by Crippen LogP contribution is -2.19. The molecule has 0 aliphatic heterocycles. The van der Waals surface area contributed by atoms with E-state index in [1.807, 2.05) is 0 Å². The maximum atomic E-state index is 12.2. The van der Waals surface area contributed by atoms with Gasteiger partial charge in [0.1, 0.15) is 0 Å². The summed E-state index contributed by atoms with van der Waals surface area (Å²) in [6, 6.07) is 0. The first kappa shape index (κ1) is 11.9. The van der Waals surface area contributed by atoms with Crippen LogP contribution in [0.4, 0.5) is 8.78 Å². The van der Waals surface area contributed by atoms with Crippen molar-refractivity contribution in [3.05, 3.63) is 11.8 Å². The van der Waals surface area contributed by atoms with Gasteiger partial charge in [-0.15, -0.1) is 0 Å². The van der Waals surface area contributed by atoms with E-state index in [0.29, 0.717) is 0 Å². The summed E-state index contributed by atoms with van der Waals surface area (Å²) in [4.78, 5) is 12.0. The highest BCUT2D eigenvalue weighted by atomic mass is 19.3. The van der Waals surface area contributed by atoms with Crippen LogP contribution < -0.4 is 0 Å². The number of ether oxygens (including phenoxy) is 1. The van der Waals surface area contributed by atoms with Gasteiger partial charge in [0.2, 0.25) is 0 Å². The molecule has 0 aliphatic rings. The lowest BCUT2D eigenvalue weighted by molar-refractivity contribution is -0.137. The molecule has 0 aromatic carbocycles. The maximum absolute atomic E-state index is 12.2. The molecule has 13 heavy (non-hydrogen) atoms. The van der Waals surface area contributed by atoms with Crippen LogP contribution in [0.3, 0.4) is 0 Å². The van der Waals surface area contributed by atoms with Crippen LogP contribution in [0.2, 0.25) is 0 Å². The number of hydrogen-bond donors (Lipinski definition) is 0. The first-order chi connectivity index (χ1) is 5.99. The van der Waals surface area contributed by atoms with Crippen LogP contribution in [-0.2, 0) is 9.53 Å². The largest absolute Gasteiger partial charge is 0.463 e. The molecule has 0 fully saturated rings. The Bertz CT molecular complexity index is 192. The summed E-state index contributed by atoms with van der Waals surface area (Å²) in [7, 11) is 2.88. The Balaban J connectivity index is 4.44. The predicted octanol–water partition coefficient (Wildman–Crippen LogP) is 1.26. The van der Waals surface area contributed by atoms with E-state index < -0.39 is 12.4 Å². The van der Waals surface area contributed by atoms with E-state index in [0.717, 1.165) is 6.08 Å². The highest BCUT2D eigenvalue weighted by Gasteiger charge is 2.15. The second-order valence-electron chi connectivity index (χ2n) is 2.52. The van der Waals surface area contributed by atoms with E-state index >= 15 is 0 Å². The van der Waals surface area contributed by atoms with Crippen molar-refractivity contribution in [2.45, 2.75) is 13.3 Å². The van der Waals surface area contributed by atoms with Crippen LogP contribution in [0, 0.1) is 0 Å². The summed E-state index contributed by atoms with van der Waals surface area (Å²) < 4.78 is 29.0. The van der Waals surface area contributed by atoms with Gasteiger partial charge >= 0.3 is 5.97 Å². The van der Waals surface area contributed by atoms with Crippen LogP contribution in [0.1, 0.15) is 6.92 Å². The molecule has 0 radical (unpaired) electrons. The monoisotopic (exact) mass is 193 g/mol. The minimum atomic E-state index is -2.67. The van der Waals surface area contributed by atoms with Crippen LogP contribution >= 0.6 is 0 Å². The number of carbonyl (C=O) groups excluding carboxylic acids is 1. The molecule has 0 aromatic rings. The van der Waals surface area contributed by atoms with Gasteiger partial charge in [0.25, 0.3) is 6.43 Å². The first-order valence-corrected chi connectivity index (χ1v) is 3.82. The van der Waals surface area contributed by atoms with Crippen LogP contribution in [0.15, 0.2) is 11.8 Å². The molecule has 0 saturated carbocycles. The van der Waals surface area contributed by atoms with Gasteiger partial charge in [0.15, 0.2) is 0 Å². The summed E-state index contributed by atoms with van der Waals surface area (Å²) in [6.45, 7) is 1.79. The van der Waals surface area contributed by atoms with Gasteiger partial charge < -0.3 is 9.64 Å². The molecule has 76 valence electrons. The lowest BCUT2D eigenvalue weighted by atomic mass is 10.4. The van der Waals surface area contributed by atoms with E-state index in [1.54, 1.807) is 6.92 Å². The van der Waals surface area contributed by atoms with Gasteiger partial charge in [-0.1, -0.05) is 0 Å². The molecular weight excluding hydrogens is 180 g/mol. The molecule has 0 heterocycles. The Kier molecular flexibility index (Phi) is 5.03. The van der Waals surface area contributed by atoms with Crippen LogP contribution in [0.5, 0.6) is 0 Å². The second kappa shape index (κ2) is 5.50. The van der Waals surface area contributed by atoms with E-state index in [2.05, 4.69) is 4.74 Å². The van der Waals surface area contributed by atoms with Crippen molar-refractivity contribution in [3.8, 4) is 0 Å². The number of esters is 1. The minimum Gasteiger partial charge on any atom is -0.463 e. The summed E-state index contributed by atoms with van der Waals surface area (Å²) in [5.74, 6) is -0.744. The fourth-order valence-corrected chi connectivity index (χ4v) is 0.692. The van der Waals surface area contributed by atoms with Gasteiger partial charge in [0, 0.05) is 20.2 Å². The highest BCUT2D eigenvalue weighted by Crippen LogP contribution is 2.10. The topological polar surface area (TPSA) is 29.5 Å². The van der Waals surface area contributed by atoms with E-state index in [4.69, 9.17) is 0 Å². The van der Waals surface area contributed by atoms with Crippen molar-refractivity contribution in [3.63, 3.8) is 0 Å². The molecule has 0 unspecified atom stereocenters. The predicted molar refractivity (Wildman–Crippen MR) is 44.4 cm³/mol. The van der Waals surface area contributed by atoms with Crippen molar-refractivity contribution in [1.29, 1.82) is 0 Å². The van der Waals surface area contributed by atoms with E-state index in [9.17, 15) is 13.6 Å². The van der Waals surface area contributed by atoms with Crippen LogP contribution in [0.25, 0.3) is 0 Å². The molecule has 0 spiro atoms. The fraction of sp³-hybridized carbons (Fsp3) is 0.625. The molecule has 5 heteroatoms. The number of halogens is 2. The summed E-state index contributed by atoms with van der Waals surface area (Å²) in [5.41, 5.74) is -0.349. The van der Waals surface area contributed by atoms with Crippen molar-refractivity contribution in [2.24, 2.45) is 0 Å². The zero-order valence-corrected chi connectivity index (χ0v) is 7.88. The smallest absolute Gasteiger partial charge is 0.332 e. The zero-order chi connectivity index (χ0) is 10.4. The highest BCUT2D eigenvalue weighted by molar-refractivity contribution is 5.82. The molecule has 0 N–H and O–H groups in total. The fourth-order valence-electron chi connectivity index (χ4n) is 0.692. The van der Waals surface area contributed by atoms with Gasteiger partial charge in [-0.05, 0) is 6.92 Å². The van der Waals surface area contributed by atoms with Gasteiger partial charge in [-0.25, -0.2) is 13.6 Å². The quantitative estimate of drug-likeness (QED) is 0.497. The summed E-state index contributed by atoms with van der Waals surface area (Å²) in [6.07, 6.45) is -1.87. The van der Waals surface area contributed by atoms with Gasteiger partial charge in [0.05, 0.1) is 12.3 Å². The van der Waals surface area contributed by atoms with Crippen molar-refractivity contribution in [2.75, 3.05) is 20.7 Å². The molecule has 0 bridgehead atoms. The van der Waals surface area contributed by atoms with E-state index in [1.165, 1.54) is 19.0 Å². The Morgan fingerprint density at radius 1 is 1.54 bits per heavy atom. The molecule has 0 saturated heterocycles. The van der Waals surface area contributed by atoms with Crippen molar-refractivity contribution < 1.29 is 18.3 Å². The zero-order valence-electron chi connectivity index (χ0n) is 7.88. The van der Waals surface area contributed by atoms with Gasteiger partial charge in [-0.2, -0.15) is 0 Å². The van der Waals surface area contributed by atoms with Gasteiger partial charge in [-0.3, -0.25) is 0 Å². The molecule has 0 rings (SSSR count). The second-order valence-corrected chi connectivity index (χ2v) is 2.52. The summed E-state index contributed by atoms with van der Waals surface area (Å²) in [5, 5.41) is 0. The number of allylic oxidation sites excluding steroid dienone is 1. The minimum absolute atomic E-state index is 0.180. The third kappa shape index (κ3) is 4.45. The standard InChI is InChI=1S/C8H13F2NO2/c1-4-13-7(12)5-6(8(9)10)11(2)3/h5,8H,4H2,1-3H3. The number of carbonyl (C=O) groups is 1. The molecule has 0 aromatic heterocycles. The SMILES string of the molecule is CCOC(=O)C=C(C(F)F)N(C)C. The average molecular weight is 193 g/mol. The molecule has 0 amide bonds. The maximum Gasteiger partial charge on any atom is 0.332 e. The third-order valence-corrected chi connectivity index (χ3v) is 1.29. The van der Waals surface area contributed by atoms with Crippen molar-refractivity contribution >= 4 is 5.97 Å². The number of nitrogens with zero attached hydrogens (tertiary/aromatic N) is 1. The Morgan fingerprint density at radius 3 is 2.38 bits per heavy atom. The number of rotatable bonds is 4. The third-order valence-electron chi connectivity index (χ3n) is 1.29. The van der Waals surface area contributed by atoms with Crippen molar-refractivity contribution in [1.82, 2.24) is 4.90 Å².